The quantitative estimate of drug-likeness (QED) is 0.0821. The highest BCUT2D eigenvalue weighted by Gasteiger charge is 2.50. The van der Waals surface area contributed by atoms with Crippen molar-refractivity contribution in [3.63, 3.8) is 0 Å². The average molecular weight is 1170 g/mol. The molecule has 16 rings (SSSR count). The number of hydrogen-bond acceptors (Lipinski definition) is 24. The van der Waals surface area contributed by atoms with E-state index in [2.05, 4.69) is 24.3 Å². The Balaban J connectivity index is 0.000000114. The summed E-state index contributed by atoms with van der Waals surface area (Å²) in [6, 6.07) is 29.6. The number of fused-ring (bicyclic) bond motifs is 7. The standard InChI is InChI=1S/C21H20O12.2C20H18O6/c22-6-13-15(27)17(29)18(30)21(32-13)33-20-16(28)14-11(26)4-8(23)5-12(14)31-19(20)7-1-2-9(24)10(25)3-7;2*1-3-15-17(25-9-23-15)5-11(1)19-13-7-22-20(14(13)8-21-19)12-2-4-16-18(6-12)26-10-24-16/h1-5,13,15,17-18,21-27,29-30H,6H2;2*1-6,13-14,19-20H,7-10H2/t13-,15-,17+,18-,21+;13-,14-,19+,20+;13-,14-,19-,20+/m100/s1. The molecule has 1 aromatic heterocycles. The Morgan fingerprint density at radius 1 is 0.447 bits per heavy atom. The maximum absolute atomic E-state index is 13.2. The molecule has 9 aliphatic rings. The molecule has 0 saturated carbocycles. The third-order valence-electron chi connectivity index (χ3n) is 16.7. The van der Waals surface area contributed by atoms with Crippen LogP contribution >= 0.6 is 0 Å². The van der Waals surface area contributed by atoms with Crippen LogP contribution < -0.4 is 48.1 Å². The summed E-state index contributed by atoms with van der Waals surface area (Å²) < 4.78 is 84.8. The second kappa shape index (κ2) is 22.2. The van der Waals surface area contributed by atoms with Gasteiger partial charge < -0.3 is 112 Å². The Labute approximate surface area is 481 Å². The maximum atomic E-state index is 13.2. The molecule has 5 saturated heterocycles. The predicted octanol–water partition coefficient (Wildman–Crippen LogP) is 5.90. The molecule has 9 aliphatic heterocycles. The molecular formula is C61H56O24. The van der Waals surface area contributed by atoms with Crippen LogP contribution in [0.2, 0.25) is 0 Å². The summed E-state index contributed by atoms with van der Waals surface area (Å²) in [4.78, 5) is 13.2. The maximum Gasteiger partial charge on any atom is 0.239 e. The van der Waals surface area contributed by atoms with Gasteiger partial charge in [0.25, 0.3) is 0 Å². The van der Waals surface area contributed by atoms with Crippen molar-refractivity contribution >= 4 is 11.0 Å². The minimum absolute atomic E-state index is 0.0201. The zero-order chi connectivity index (χ0) is 58.2. The lowest BCUT2D eigenvalue weighted by molar-refractivity contribution is -0.277. The lowest BCUT2D eigenvalue weighted by atomic mass is 9.85. The smallest absolute Gasteiger partial charge is 0.239 e. The van der Waals surface area contributed by atoms with E-state index in [0.717, 1.165) is 92.5 Å². The van der Waals surface area contributed by atoms with Crippen LogP contribution in [0.5, 0.6) is 74.7 Å². The van der Waals surface area contributed by atoms with Gasteiger partial charge in [-0.1, -0.05) is 24.3 Å². The molecule has 13 atom stereocenters. The zero-order valence-electron chi connectivity index (χ0n) is 44.8. The lowest BCUT2D eigenvalue weighted by Crippen LogP contribution is -2.60. The van der Waals surface area contributed by atoms with E-state index in [4.69, 9.17) is 70.7 Å². The van der Waals surface area contributed by atoms with E-state index in [1.807, 2.05) is 48.5 Å². The van der Waals surface area contributed by atoms with Crippen LogP contribution in [0.3, 0.4) is 0 Å². The summed E-state index contributed by atoms with van der Waals surface area (Å²) in [5, 5.41) is 78.7. The van der Waals surface area contributed by atoms with Gasteiger partial charge >= 0.3 is 0 Å². The van der Waals surface area contributed by atoms with Gasteiger partial charge in [0.1, 0.15) is 46.9 Å². The Bertz CT molecular complexity index is 3450. The molecule has 0 amide bonds. The predicted molar refractivity (Wildman–Crippen MR) is 288 cm³/mol. The SMILES string of the molecule is O=c1c(O[C@@H]2O[C@H](CO)[C@@H](O)[C@H](O)[C@H]2O)c(-c2ccc(O)c(O)c2)oc2cc(O)cc(O)c12.c1cc2c(cc1[C@H]1OC[C@H]3[C@@H]1CO[C@@H]3c1ccc3c(c1)OCO3)OCO2.c1cc2c(cc1[C@H]1OC[C@H]3[C@@H]1CO[C@H]3c1ccc3c(c1)OCO3)OCO2. The Morgan fingerprint density at radius 3 is 1.28 bits per heavy atom. The molecule has 6 aromatic carbocycles. The van der Waals surface area contributed by atoms with E-state index in [1.165, 1.54) is 6.07 Å². The van der Waals surface area contributed by atoms with E-state index >= 15 is 0 Å². The van der Waals surface area contributed by atoms with Gasteiger partial charge in [-0.2, -0.15) is 0 Å². The first-order valence-electron chi connectivity index (χ1n) is 27.4. The summed E-state index contributed by atoms with van der Waals surface area (Å²) in [5.41, 5.74) is 3.29. The third kappa shape index (κ3) is 9.97. The number of phenolic OH excluding ortho intramolecular Hbond substituents is 4. The van der Waals surface area contributed by atoms with Gasteiger partial charge in [-0.25, -0.2) is 0 Å². The fraction of sp³-hybridized carbons (Fsp3) is 0.361. The van der Waals surface area contributed by atoms with Gasteiger partial charge in [0.2, 0.25) is 44.6 Å². The molecule has 0 aliphatic carbocycles. The first-order chi connectivity index (χ1) is 41.3. The van der Waals surface area contributed by atoms with Crippen molar-refractivity contribution in [2.75, 3.05) is 60.2 Å². The first kappa shape index (κ1) is 54.5. The van der Waals surface area contributed by atoms with Gasteiger partial charge in [-0.3, -0.25) is 4.79 Å². The van der Waals surface area contributed by atoms with E-state index < -0.39 is 71.5 Å². The van der Waals surface area contributed by atoms with Crippen LogP contribution in [0.4, 0.5) is 0 Å². The molecule has 5 fully saturated rings. The van der Waals surface area contributed by atoms with Crippen LogP contribution in [0.25, 0.3) is 22.3 Å². The molecule has 85 heavy (non-hydrogen) atoms. The van der Waals surface area contributed by atoms with Gasteiger partial charge in [-0.05, 0) is 89.0 Å². The molecule has 8 N–H and O–H groups in total. The molecule has 24 nitrogen and oxygen atoms in total. The summed E-state index contributed by atoms with van der Waals surface area (Å²) in [7, 11) is 0. The number of benzene rings is 6. The highest BCUT2D eigenvalue weighted by molar-refractivity contribution is 5.88. The normalized spacial score (nSPS) is 28.5. The van der Waals surface area contributed by atoms with E-state index in [0.29, 0.717) is 50.1 Å². The van der Waals surface area contributed by atoms with Crippen molar-refractivity contribution in [2.45, 2.75) is 55.1 Å². The molecular weight excluding hydrogens is 1120 g/mol. The number of hydrogen-bond donors (Lipinski definition) is 8. The second-order valence-corrected chi connectivity index (χ2v) is 21.6. The van der Waals surface area contributed by atoms with Crippen molar-refractivity contribution in [3.05, 3.63) is 136 Å². The number of rotatable bonds is 8. The Kier molecular flexibility index (Phi) is 14.2. The Morgan fingerprint density at radius 2 is 0.871 bits per heavy atom. The second-order valence-electron chi connectivity index (χ2n) is 21.6. The molecule has 0 radical (unpaired) electrons. The van der Waals surface area contributed by atoms with Crippen molar-refractivity contribution in [1.82, 2.24) is 0 Å². The minimum atomic E-state index is -1.85. The summed E-state index contributed by atoms with van der Waals surface area (Å²) in [6.45, 7) is 3.13. The van der Waals surface area contributed by atoms with Crippen molar-refractivity contribution < 1.29 is 112 Å². The monoisotopic (exact) mass is 1170 g/mol. The fourth-order valence-corrected chi connectivity index (χ4v) is 12.3. The van der Waals surface area contributed by atoms with Crippen LogP contribution in [0.15, 0.2) is 112 Å². The molecule has 0 bridgehead atoms. The van der Waals surface area contributed by atoms with Crippen LogP contribution in [-0.4, -0.2) is 132 Å². The third-order valence-corrected chi connectivity index (χ3v) is 16.7. The zero-order valence-corrected chi connectivity index (χ0v) is 44.8. The summed E-state index contributed by atoms with van der Waals surface area (Å²) in [6.07, 6.45) is -8.31. The minimum Gasteiger partial charge on any atom is -0.508 e. The summed E-state index contributed by atoms with van der Waals surface area (Å²) in [5.74, 6) is 4.60. The molecule has 24 heteroatoms. The molecule has 444 valence electrons. The van der Waals surface area contributed by atoms with Crippen LogP contribution in [-0.2, 0) is 23.7 Å². The number of phenols is 4. The summed E-state index contributed by atoms with van der Waals surface area (Å²) >= 11 is 0. The van der Waals surface area contributed by atoms with Gasteiger partial charge in [-0.15, -0.1) is 0 Å². The van der Waals surface area contributed by atoms with Gasteiger partial charge in [0.05, 0.1) is 57.5 Å². The highest BCUT2D eigenvalue weighted by atomic mass is 16.7. The van der Waals surface area contributed by atoms with Crippen molar-refractivity contribution in [3.8, 4) is 86.1 Å². The topological polar surface area (TPSA) is 321 Å². The van der Waals surface area contributed by atoms with Crippen LogP contribution in [0.1, 0.15) is 46.7 Å². The van der Waals surface area contributed by atoms with Crippen molar-refractivity contribution in [1.29, 1.82) is 0 Å². The molecule has 0 spiro atoms. The lowest BCUT2D eigenvalue weighted by Gasteiger charge is -2.39. The number of aromatic hydroxyl groups is 4. The first-order valence-corrected chi connectivity index (χ1v) is 27.4. The average Bonchev–Trinajstić information content (AvgIpc) is 4.32. The van der Waals surface area contributed by atoms with Gasteiger partial charge in [0, 0.05) is 41.4 Å². The number of aliphatic hydroxyl groups excluding tert-OH is 4. The highest BCUT2D eigenvalue weighted by Crippen LogP contribution is 2.54. The largest absolute Gasteiger partial charge is 0.508 e. The van der Waals surface area contributed by atoms with E-state index in [9.17, 15) is 45.6 Å². The fourth-order valence-electron chi connectivity index (χ4n) is 12.3. The molecule has 7 aromatic rings. The molecule has 0 unspecified atom stereocenters. The van der Waals surface area contributed by atoms with Crippen molar-refractivity contribution in [2.24, 2.45) is 23.7 Å². The number of ether oxygens (including phenoxy) is 14. The van der Waals surface area contributed by atoms with Gasteiger partial charge in [0.15, 0.2) is 63.3 Å². The van der Waals surface area contributed by atoms with E-state index in [-0.39, 0.29) is 73.9 Å². The Hall–Kier alpha value is -8.43. The number of aliphatic hydroxyl groups is 4. The van der Waals surface area contributed by atoms with E-state index in [1.54, 1.807) is 0 Å². The van der Waals surface area contributed by atoms with Crippen LogP contribution in [0, 0.1) is 23.7 Å². The molecule has 10 heterocycles.